The number of rotatable bonds is 4. The summed E-state index contributed by atoms with van der Waals surface area (Å²) in [6, 6.07) is 9.47. The first-order chi connectivity index (χ1) is 9.06. The van der Waals surface area contributed by atoms with Crippen molar-refractivity contribution in [2.75, 3.05) is 0 Å². The molecule has 0 aliphatic heterocycles. The highest BCUT2D eigenvalue weighted by Crippen LogP contribution is 2.12. The highest BCUT2D eigenvalue weighted by molar-refractivity contribution is 5.95. The van der Waals surface area contributed by atoms with E-state index in [0.717, 1.165) is 5.56 Å². The first-order valence-electron chi connectivity index (χ1n) is 5.79. The summed E-state index contributed by atoms with van der Waals surface area (Å²) in [4.78, 5) is 22.1. The van der Waals surface area contributed by atoms with Gasteiger partial charge in [0.2, 0.25) is 12.3 Å². The number of nitro benzene ring substituents is 1. The fourth-order valence-electron chi connectivity index (χ4n) is 1.78. The van der Waals surface area contributed by atoms with E-state index < -0.39 is 4.92 Å². The number of halogens is 1. The molecule has 0 aliphatic carbocycles. The summed E-state index contributed by atoms with van der Waals surface area (Å²) in [6.07, 6.45) is 3.69. The molecule has 0 saturated heterocycles. The van der Waals surface area contributed by atoms with E-state index in [-0.39, 0.29) is 30.4 Å². The van der Waals surface area contributed by atoms with Gasteiger partial charge >= 0.3 is 0 Å². The van der Waals surface area contributed by atoms with Crippen LogP contribution in [-0.4, -0.2) is 10.7 Å². The van der Waals surface area contributed by atoms with Crippen LogP contribution in [-0.2, 0) is 6.54 Å². The van der Waals surface area contributed by atoms with Gasteiger partial charge in [-0.15, -0.1) is 0 Å². The van der Waals surface area contributed by atoms with Gasteiger partial charge in [0, 0.05) is 29.3 Å². The summed E-state index contributed by atoms with van der Waals surface area (Å²) < 4.78 is 1.79. The normalized spacial score (nSPS) is 9.65. The Morgan fingerprint density at radius 1 is 1.25 bits per heavy atom. The van der Waals surface area contributed by atoms with Gasteiger partial charge in [0.05, 0.1) is 4.92 Å². The SMILES string of the molecule is Cc1ccc[n+](CC(=O)c2ccc([N+](=O)[O-])cc2)c1.[Cl-]. The summed E-state index contributed by atoms with van der Waals surface area (Å²) in [5, 5.41) is 10.5. The zero-order valence-electron chi connectivity index (χ0n) is 10.8. The van der Waals surface area contributed by atoms with Gasteiger partial charge < -0.3 is 12.4 Å². The third-order valence-corrected chi connectivity index (χ3v) is 2.73. The van der Waals surface area contributed by atoms with Crippen molar-refractivity contribution in [2.45, 2.75) is 13.5 Å². The van der Waals surface area contributed by atoms with Gasteiger partial charge in [0.25, 0.3) is 5.69 Å². The number of non-ortho nitro benzene ring substituents is 1. The number of benzene rings is 1. The molecule has 1 aromatic heterocycles. The monoisotopic (exact) mass is 292 g/mol. The number of pyridine rings is 1. The van der Waals surface area contributed by atoms with E-state index in [1.165, 1.54) is 24.3 Å². The van der Waals surface area contributed by atoms with Crippen LogP contribution in [0.1, 0.15) is 15.9 Å². The maximum atomic E-state index is 12.0. The fraction of sp³-hybridized carbons (Fsp3) is 0.143. The summed E-state index contributed by atoms with van der Waals surface area (Å²) in [5.74, 6) is -0.0782. The Balaban J connectivity index is 0.00000200. The molecule has 2 rings (SSSR count). The minimum Gasteiger partial charge on any atom is -1.00 e. The fourth-order valence-corrected chi connectivity index (χ4v) is 1.78. The molecular weight excluding hydrogens is 280 g/mol. The predicted octanol–water partition coefficient (Wildman–Crippen LogP) is -0.922. The molecule has 20 heavy (non-hydrogen) atoms. The lowest BCUT2D eigenvalue weighted by molar-refractivity contribution is -0.683. The molecule has 1 aromatic carbocycles. The van der Waals surface area contributed by atoms with E-state index in [9.17, 15) is 14.9 Å². The number of aromatic nitrogens is 1. The van der Waals surface area contributed by atoms with Crippen LogP contribution in [0.15, 0.2) is 48.8 Å². The molecule has 104 valence electrons. The topological polar surface area (TPSA) is 64.1 Å². The van der Waals surface area contributed by atoms with Gasteiger partial charge in [0.1, 0.15) is 0 Å². The predicted molar refractivity (Wildman–Crippen MR) is 68.8 cm³/mol. The number of nitrogens with zero attached hydrogens (tertiary/aromatic N) is 2. The Morgan fingerprint density at radius 2 is 1.90 bits per heavy atom. The Hall–Kier alpha value is -2.27. The molecule has 0 atom stereocenters. The van der Waals surface area contributed by atoms with Crippen LogP contribution in [0, 0.1) is 17.0 Å². The van der Waals surface area contributed by atoms with Crippen LogP contribution < -0.4 is 17.0 Å². The molecule has 0 bridgehead atoms. The standard InChI is InChI=1S/C14H13N2O3.ClH/c1-11-3-2-8-15(9-11)10-14(17)12-4-6-13(7-5-12)16(18)19;/h2-9H,10H2,1H3;1H/q+1;/p-1. The smallest absolute Gasteiger partial charge is 0.269 e. The summed E-state index contributed by atoms with van der Waals surface area (Å²) in [6.45, 7) is 2.17. The van der Waals surface area contributed by atoms with Gasteiger partial charge in [-0.2, -0.15) is 4.57 Å². The molecule has 0 aliphatic rings. The maximum absolute atomic E-state index is 12.0. The third kappa shape index (κ3) is 3.86. The highest BCUT2D eigenvalue weighted by atomic mass is 35.5. The second-order valence-electron chi connectivity index (χ2n) is 4.28. The van der Waals surface area contributed by atoms with Crippen LogP contribution in [0.5, 0.6) is 0 Å². The van der Waals surface area contributed by atoms with Crippen molar-refractivity contribution in [3.63, 3.8) is 0 Å². The number of aryl methyl sites for hydroxylation is 1. The van der Waals surface area contributed by atoms with E-state index in [1.807, 2.05) is 31.5 Å². The molecule has 5 nitrogen and oxygen atoms in total. The van der Waals surface area contributed by atoms with E-state index in [0.29, 0.717) is 5.56 Å². The zero-order chi connectivity index (χ0) is 13.8. The molecular formula is C14H13ClN2O3. The maximum Gasteiger partial charge on any atom is 0.269 e. The van der Waals surface area contributed by atoms with Gasteiger partial charge in [-0.1, -0.05) is 0 Å². The first-order valence-corrected chi connectivity index (χ1v) is 5.79. The van der Waals surface area contributed by atoms with Crippen LogP contribution in [0.4, 0.5) is 5.69 Å². The summed E-state index contributed by atoms with van der Waals surface area (Å²) in [5.41, 5.74) is 1.53. The molecule has 0 fully saturated rings. The molecule has 2 aromatic rings. The van der Waals surface area contributed by atoms with E-state index in [2.05, 4.69) is 0 Å². The molecule has 1 heterocycles. The van der Waals surface area contributed by atoms with Gasteiger partial charge in [-0.3, -0.25) is 14.9 Å². The number of hydrogen-bond donors (Lipinski definition) is 0. The lowest BCUT2D eigenvalue weighted by atomic mass is 10.1. The number of carbonyl (C=O) groups excluding carboxylic acids is 1. The Bertz CT molecular complexity index is 627. The van der Waals surface area contributed by atoms with E-state index >= 15 is 0 Å². The molecule has 0 spiro atoms. The van der Waals surface area contributed by atoms with Crippen molar-refractivity contribution in [1.29, 1.82) is 0 Å². The lowest BCUT2D eigenvalue weighted by Crippen LogP contribution is -3.00. The van der Waals surface area contributed by atoms with Crippen molar-refractivity contribution in [2.24, 2.45) is 0 Å². The van der Waals surface area contributed by atoms with Crippen LogP contribution in [0.3, 0.4) is 0 Å². The van der Waals surface area contributed by atoms with Crippen LogP contribution in [0.2, 0.25) is 0 Å². The first kappa shape index (κ1) is 15.8. The average molecular weight is 293 g/mol. The largest absolute Gasteiger partial charge is 1.00 e. The van der Waals surface area contributed by atoms with Crippen LogP contribution in [0.25, 0.3) is 0 Å². The third-order valence-electron chi connectivity index (χ3n) is 2.73. The van der Waals surface area contributed by atoms with Gasteiger partial charge in [0.15, 0.2) is 12.4 Å². The molecule has 0 unspecified atom stereocenters. The number of hydrogen-bond acceptors (Lipinski definition) is 3. The molecule has 6 heteroatoms. The van der Waals surface area contributed by atoms with Crippen molar-refractivity contribution in [3.8, 4) is 0 Å². The zero-order valence-corrected chi connectivity index (χ0v) is 11.6. The van der Waals surface area contributed by atoms with E-state index in [4.69, 9.17) is 0 Å². The number of nitro groups is 1. The molecule has 0 amide bonds. The minimum atomic E-state index is -0.483. The Labute approximate surface area is 122 Å². The van der Waals surface area contributed by atoms with Crippen molar-refractivity contribution < 1.29 is 26.7 Å². The highest BCUT2D eigenvalue weighted by Gasteiger charge is 2.13. The van der Waals surface area contributed by atoms with Gasteiger partial charge in [-0.25, -0.2) is 0 Å². The second kappa shape index (κ2) is 6.77. The minimum absolute atomic E-state index is 0. The molecule has 0 radical (unpaired) electrons. The average Bonchev–Trinajstić information content (AvgIpc) is 2.39. The number of carbonyl (C=O) groups is 1. The Morgan fingerprint density at radius 3 is 2.45 bits per heavy atom. The van der Waals surface area contributed by atoms with Crippen molar-refractivity contribution >= 4 is 11.5 Å². The van der Waals surface area contributed by atoms with E-state index in [1.54, 1.807) is 4.57 Å². The number of Topliss-reactive ketones (excluding diaryl/α,β-unsaturated/α-hetero) is 1. The van der Waals surface area contributed by atoms with Crippen LogP contribution >= 0.6 is 0 Å². The summed E-state index contributed by atoms with van der Waals surface area (Å²) >= 11 is 0. The van der Waals surface area contributed by atoms with Crippen molar-refractivity contribution in [3.05, 3.63) is 70.0 Å². The second-order valence-corrected chi connectivity index (χ2v) is 4.28. The quantitative estimate of drug-likeness (QED) is 0.317. The lowest BCUT2D eigenvalue weighted by Gasteiger charge is -1.99. The number of ketones is 1. The van der Waals surface area contributed by atoms with Gasteiger partial charge in [-0.05, 0) is 25.1 Å². The van der Waals surface area contributed by atoms with Crippen molar-refractivity contribution in [1.82, 2.24) is 0 Å². The molecule has 0 N–H and O–H groups in total. The Kier molecular flexibility index (Phi) is 5.34. The summed E-state index contributed by atoms with van der Waals surface area (Å²) in [7, 11) is 0. The molecule has 0 saturated carbocycles.